The zero-order chi connectivity index (χ0) is 22.5. The summed E-state index contributed by atoms with van der Waals surface area (Å²) in [7, 11) is 1.78. The summed E-state index contributed by atoms with van der Waals surface area (Å²) in [5.41, 5.74) is 7.64. The Labute approximate surface area is 186 Å². The molecule has 1 aromatic heterocycles. The van der Waals surface area contributed by atoms with Gasteiger partial charge in [0.15, 0.2) is 16.6 Å². The van der Waals surface area contributed by atoms with E-state index in [0.29, 0.717) is 28.6 Å². The highest BCUT2D eigenvalue weighted by molar-refractivity contribution is 7.80. The van der Waals surface area contributed by atoms with Gasteiger partial charge in [0.25, 0.3) is 0 Å². The summed E-state index contributed by atoms with van der Waals surface area (Å²) in [6.45, 7) is 6.02. The first-order valence-corrected chi connectivity index (χ1v) is 10.2. The third kappa shape index (κ3) is 5.16. The molecule has 0 aliphatic rings. The minimum absolute atomic E-state index is 0.0613. The van der Waals surface area contributed by atoms with Gasteiger partial charge in [-0.3, -0.25) is 14.9 Å². The maximum Gasteiger partial charge on any atom is 0.191 e. The van der Waals surface area contributed by atoms with Gasteiger partial charge in [0.2, 0.25) is 0 Å². The van der Waals surface area contributed by atoms with Crippen LogP contribution in [0.15, 0.2) is 53.6 Å². The van der Waals surface area contributed by atoms with Crippen LogP contribution in [0.1, 0.15) is 48.3 Å². The van der Waals surface area contributed by atoms with Gasteiger partial charge in [-0.05, 0) is 54.9 Å². The molecule has 0 unspecified atom stereocenters. The second kappa shape index (κ2) is 9.53. The minimum Gasteiger partial charge on any atom is -0.504 e. The molecule has 160 valence electrons. The molecule has 3 N–H and O–H groups in total. The first kappa shape index (κ1) is 22.2. The molecule has 1 heterocycles. The number of benzene rings is 2. The normalized spacial score (nSPS) is 11.5. The van der Waals surface area contributed by atoms with Crippen LogP contribution in [0.25, 0.3) is 11.3 Å². The third-order valence-electron chi connectivity index (χ3n) is 4.85. The van der Waals surface area contributed by atoms with Crippen molar-refractivity contribution >= 4 is 35.0 Å². The molecule has 2 aromatic carbocycles. The molecule has 0 spiro atoms. The van der Waals surface area contributed by atoms with E-state index in [1.807, 2.05) is 12.1 Å². The van der Waals surface area contributed by atoms with Crippen LogP contribution in [-0.4, -0.2) is 32.0 Å². The number of hydrogen-bond acceptors (Lipinski definition) is 5. The van der Waals surface area contributed by atoms with Crippen molar-refractivity contribution in [2.75, 3.05) is 5.32 Å². The van der Waals surface area contributed by atoms with E-state index in [4.69, 9.17) is 12.2 Å². The molecule has 0 aliphatic heterocycles. The zero-order valence-corrected chi connectivity index (χ0v) is 18.7. The molecule has 0 atom stereocenters. The van der Waals surface area contributed by atoms with Crippen molar-refractivity contribution in [3.05, 3.63) is 65.4 Å². The van der Waals surface area contributed by atoms with E-state index in [1.54, 1.807) is 42.9 Å². The van der Waals surface area contributed by atoms with Crippen molar-refractivity contribution in [2.45, 2.75) is 26.7 Å². The molecule has 3 rings (SSSR count). The fourth-order valence-corrected chi connectivity index (χ4v) is 3.26. The van der Waals surface area contributed by atoms with Crippen LogP contribution < -0.4 is 10.7 Å². The second-order valence-corrected chi connectivity index (χ2v) is 7.86. The lowest BCUT2D eigenvalue weighted by Crippen LogP contribution is -2.25. The van der Waals surface area contributed by atoms with Gasteiger partial charge in [0.05, 0.1) is 5.71 Å². The Morgan fingerprint density at radius 3 is 2.39 bits per heavy atom. The summed E-state index contributed by atoms with van der Waals surface area (Å²) in [6, 6.07) is 14.9. The maximum atomic E-state index is 10.8. The number of hydrazone groups is 1. The lowest BCUT2D eigenvalue weighted by Gasteiger charge is -2.08. The lowest BCUT2D eigenvalue weighted by molar-refractivity contribution is 0.112. The van der Waals surface area contributed by atoms with Crippen LogP contribution in [-0.2, 0) is 7.05 Å². The summed E-state index contributed by atoms with van der Waals surface area (Å²) in [4.78, 5) is 10.7. The third-order valence-corrected chi connectivity index (χ3v) is 5.04. The molecule has 0 bridgehead atoms. The summed E-state index contributed by atoms with van der Waals surface area (Å²) in [6.07, 6.45) is 0.778. The van der Waals surface area contributed by atoms with Crippen LogP contribution >= 0.6 is 12.2 Å². The van der Waals surface area contributed by atoms with E-state index in [9.17, 15) is 9.90 Å². The van der Waals surface area contributed by atoms with E-state index in [1.165, 1.54) is 5.56 Å². The largest absolute Gasteiger partial charge is 0.504 e. The SMILES string of the molecule is C/C(=N\NC(=S)Nc1ccc(C=O)cc1)c1nn(C)c(-c2ccc(C(C)C)cc2)c1O. The highest BCUT2D eigenvalue weighted by Gasteiger charge is 2.19. The fourth-order valence-electron chi connectivity index (χ4n) is 3.10. The quantitative estimate of drug-likeness (QED) is 0.229. The van der Waals surface area contributed by atoms with Gasteiger partial charge < -0.3 is 10.4 Å². The van der Waals surface area contributed by atoms with Crippen molar-refractivity contribution in [1.82, 2.24) is 15.2 Å². The first-order chi connectivity index (χ1) is 14.8. The number of carbonyl (C=O) groups is 1. The Balaban J connectivity index is 1.74. The van der Waals surface area contributed by atoms with E-state index >= 15 is 0 Å². The Hall–Kier alpha value is -3.52. The van der Waals surface area contributed by atoms with Gasteiger partial charge in [0, 0.05) is 23.9 Å². The average Bonchev–Trinajstić information content (AvgIpc) is 3.06. The molecule has 0 radical (unpaired) electrons. The topological polar surface area (TPSA) is 91.5 Å². The van der Waals surface area contributed by atoms with E-state index in [2.05, 4.69) is 46.9 Å². The summed E-state index contributed by atoms with van der Waals surface area (Å²) in [5.74, 6) is 0.497. The van der Waals surface area contributed by atoms with Crippen molar-refractivity contribution < 1.29 is 9.90 Å². The number of hydrogen-bond donors (Lipinski definition) is 3. The van der Waals surface area contributed by atoms with Crippen molar-refractivity contribution in [3.63, 3.8) is 0 Å². The first-order valence-electron chi connectivity index (χ1n) is 9.83. The number of aromatic nitrogens is 2. The highest BCUT2D eigenvalue weighted by Crippen LogP contribution is 2.32. The molecule has 0 aliphatic carbocycles. The van der Waals surface area contributed by atoms with E-state index in [0.717, 1.165) is 17.5 Å². The predicted molar refractivity (Wildman–Crippen MR) is 128 cm³/mol. The number of aryl methyl sites for hydroxylation is 1. The van der Waals surface area contributed by atoms with Gasteiger partial charge in [-0.1, -0.05) is 38.1 Å². The molecule has 31 heavy (non-hydrogen) atoms. The highest BCUT2D eigenvalue weighted by atomic mass is 32.1. The van der Waals surface area contributed by atoms with E-state index in [-0.39, 0.29) is 10.9 Å². The van der Waals surface area contributed by atoms with Crippen molar-refractivity contribution in [1.29, 1.82) is 0 Å². The maximum absolute atomic E-state index is 10.8. The Morgan fingerprint density at radius 1 is 1.16 bits per heavy atom. The molecular weight excluding hydrogens is 410 g/mol. The molecule has 8 heteroatoms. The van der Waals surface area contributed by atoms with Crippen LogP contribution in [0.4, 0.5) is 5.69 Å². The smallest absolute Gasteiger partial charge is 0.191 e. The number of aldehydes is 1. The Morgan fingerprint density at radius 2 is 1.81 bits per heavy atom. The Bertz CT molecular complexity index is 1120. The molecule has 0 saturated carbocycles. The summed E-state index contributed by atoms with van der Waals surface area (Å²) < 4.78 is 1.64. The molecule has 7 nitrogen and oxygen atoms in total. The lowest BCUT2D eigenvalue weighted by atomic mass is 10.0. The van der Waals surface area contributed by atoms with Gasteiger partial charge in [-0.15, -0.1) is 0 Å². The van der Waals surface area contributed by atoms with Crippen molar-refractivity contribution in [2.24, 2.45) is 12.1 Å². The number of aromatic hydroxyl groups is 1. The minimum atomic E-state index is 0.0613. The number of rotatable bonds is 6. The molecule has 3 aromatic rings. The standard InChI is InChI=1S/C23H25N5O2S/c1-14(2)17-7-9-18(10-8-17)21-22(30)20(27-28(21)4)15(3)25-26-23(31)24-19-11-5-16(13-29)6-12-19/h5-14,30H,1-4H3,(H2,24,26,31)/b25-15+. The van der Waals surface area contributed by atoms with Crippen molar-refractivity contribution in [3.8, 4) is 17.0 Å². The van der Waals surface area contributed by atoms with Gasteiger partial charge in [0.1, 0.15) is 12.0 Å². The number of nitrogens with one attached hydrogen (secondary N) is 2. The molecule has 0 fully saturated rings. The number of thiocarbonyl (C=S) groups is 1. The number of nitrogens with zero attached hydrogens (tertiary/aromatic N) is 3. The van der Waals surface area contributed by atoms with Crippen LogP contribution in [0.3, 0.4) is 0 Å². The van der Waals surface area contributed by atoms with E-state index < -0.39 is 0 Å². The van der Waals surface area contributed by atoms with Gasteiger partial charge in [-0.25, -0.2) is 0 Å². The van der Waals surface area contributed by atoms with Crippen LogP contribution in [0.2, 0.25) is 0 Å². The Kier molecular flexibility index (Phi) is 6.81. The summed E-state index contributed by atoms with van der Waals surface area (Å²) >= 11 is 5.25. The predicted octanol–water partition coefficient (Wildman–Crippen LogP) is 4.44. The van der Waals surface area contributed by atoms with Gasteiger partial charge in [-0.2, -0.15) is 10.2 Å². The van der Waals surface area contributed by atoms with Crippen LogP contribution in [0.5, 0.6) is 5.75 Å². The average molecular weight is 436 g/mol. The van der Waals surface area contributed by atoms with Crippen LogP contribution in [0, 0.1) is 0 Å². The molecular formula is C23H25N5O2S. The molecule has 0 amide bonds. The number of carbonyl (C=O) groups excluding carboxylic acids is 1. The second-order valence-electron chi connectivity index (χ2n) is 7.45. The fraction of sp³-hybridized carbons (Fsp3) is 0.217. The monoisotopic (exact) mass is 435 g/mol. The number of anilines is 1. The van der Waals surface area contributed by atoms with Gasteiger partial charge >= 0.3 is 0 Å². The summed E-state index contributed by atoms with van der Waals surface area (Å²) in [5, 5.41) is 22.7. The molecule has 0 saturated heterocycles. The zero-order valence-electron chi connectivity index (χ0n) is 17.9.